The van der Waals surface area contributed by atoms with Gasteiger partial charge in [-0.15, -0.1) is 22.7 Å². The highest BCUT2D eigenvalue weighted by Gasteiger charge is 2.35. The van der Waals surface area contributed by atoms with Crippen molar-refractivity contribution in [3.05, 3.63) is 241 Å². The monoisotopic (exact) mass is 1010 g/mol. The van der Waals surface area contributed by atoms with Crippen molar-refractivity contribution in [3.63, 3.8) is 0 Å². The molecule has 0 saturated carbocycles. The van der Waals surface area contributed by atoms with Gasteiger partial charge in [-0.1, -0.05) is 198 Å². The first-order valence-corrected chi connectivity index (χ1v) is 28.5. The zero-order valence-corrected chi connectivity index (χ0v) is 44.7. The maximum Gasteiger partial charge on any atom is 0.0640 e. The smallest absolute Gasteiger partial charge is 0.0640 e. The Hall–Kier alpha value is -8.28. The molecule has 1 aliphatic rings. The van der Waals surface area contributed by atoms with Crippen LogP contribution in [0.2, 0.25) is 0 Å². The number of anilines is 6. The summed E-state index contributed by atoms with van der Waals surface area (Å²) in [7, 11) is 0. The Kier molecular flexibility index (Phi) is 10.3. The third-order valence-electron chi connectivity index (χ3n) is 16.6. The molecule has 2 nitrogen and oxygen atoms in total. The summed E-state index contributed by atoms with van der Waals surface area (Å²) in [5, 5.41) is 13.2. The second-order valence-corrected chi connectivity index (χ2v) is 23.9. The van der Waals surface area contributed by atoms with E-state index < -0.39 is 0 Å². The van der Waals surface area contributed by atoms with Crippen LogP contribution in [0.15, 0.2) is 224 Å². The number of hydrogen-bond acceptors (Lipinski definition) is 4. The molecule has 15 rings (SSSR count). The number of rotatable bonds is 9. The molecule has 0 spiro atoms. The zero-order valence-electron chi connectivity index (χ0n) is 43.1. The summed E-state index contributed by atoms with van der Waals surface area (Å²) >= 11 is 3.81. The molecule has 0 unspecified atom stereocenters. The van der Waals surface area contributed by atoms with Crippen molar-refractivity contribution in [2.75, 3.05) is 9.80 Å². The van der Waals surface area contributed by atoms with Crippen LogP contribution in [0.5, 0.6) is 0 Å². The van der Waals surface area contributed by atoms with Gasteiger partial charge in [-0.05, 0) is 123 Å². The first kappa shape index (κ1) is 45.1. The number of fused-ring (bicyclic) bond motifs is 6. The summed E-state index contributed by atoms with van der Waals surface area (Å²) in [5.41, 5.74) is 16.1. The fourth-order valence-electron chi connectivity index (χ4n) is 13.0. The average Bonchev–Trinajstić information content (AvgIpc) is 4.19. The lowest BCUT2D eigenvalue weighted by atomic mass is 9.70. The van der Waals surface area contributed by atoms with Crippen molar-refractivity contribution in [3.8, 4) is 22.3 Å². The van der Waals surface area contributed by atoms with Gasteiger partial charge in [0.05, 0.1) is 43.5 Å². The van der Waals surface area contributed by atoms with Gasteiger partial charge < -0.3 is 9.80 Å². The van der Waals surface area contributed by atoms with Gasteiger partial charge in [-0.2, -0.15) is 0 Å². The highest BCUT2D eigenvalue weighted by molar-refractivity contribution is 7.26. The van der Waals surface area contributed by atoms with E-state index in [0.717, 1.165) is 18.5 Å². The van der Waals surface area contributed by atoms with Crippen LogP contribution in [-0.4, -0.2) is 0 Å². The second-order valence-electron chi connectivity index (χ2n) is 21.8. The SMILES string of the molecule is CC(C)c1cc(N(c2ccccc2-c2ccccc2)c2cccc3c2sc2ccccc23)c2cc3c4c(cc(N(c5ccccc5-c5ccccc5)c5cccc6c5sc5ccccc56)c5ccc1c2c54)CCC3(C)C. The number of nitrogens with zero attached hydrogens (tertiary/aromatic N) is 2. The summed E-state index contributed by atoms with van der Waals surface area (Å²) in [5.74, 6) is 0.247. The molecule has 0 amide bonds. The number of aryl methyl sites for hydroxylation is 1. The Morgan fingerprint density at radius 3 is 1.42 bits per heavy atom. The Morgan fingerprint density at radius 2 is 0.855 bits per heavy atom. The molecule has 76 heavy (non-hydrogen) atoms. The number of para-hydroxylation sites is 2. The lowest BCUT2D eigenvalue weighted by Gasteiger charge is -2.37. The molecule has 0 N–H and O–H groups in total. The first-order valence-electron chi connectivity index (χ1n) is 26.8. The van der Waals surface area contributed by atoms with Crippen LogP contribution in [0, 0.1) is 0 Å². The average molecular weight is 1010 g/mol. The molecule has 14 aromatic rings. The van der Waals surface area contributed by atoms with Gasteiger partial charge in [0.25, 0.3) is 0 Å². The van der Waals surface area contributed by atoms with Crippen LogP contribution in [0.3, 0.4) is 0 Å². The maximum absolute atomic E-state index is 2.65. The lowest BCUT2D eigenvalue weighted by Crippen LogP contribution is -2.24. The van der Waals surface area contributed by atoms with E-state index in [-0.39, 0.29) is 11.3 Å². The maximum atomic E-state index is 2.65. The van der Waals surface area contributed by atoms with E-state index in [4.69, 9.17) is 0 Å². The van der Waals surface area contributed by atoms with Crippen molar-refractivity contribution >= 4 is 129 Å². The molecule has 0 fully saturated rings. The van der Waals surface area contributed by atoms with Crippen molar-refractivity contribution in [1.82, 2.24) is 0 Å². The summed E-state index contributed by atoms with van der Waals surface area (Å²) in [6.07, 6.45) is 2.05. The van der Waals surface area contributed by atoms with E-state index in [9.17, 15) is 0 Å². The summed E-state index contributed by atoms with van der Waals surface area (Å²) in [6, 6.07) is 84.6. The van der Waals surface area contributed by atoms with E-state index in [1.54, 1.807) is 0 Å². The van der Waals surface area contributed by atoms with Gasteiger partial charge in [-0.3, -0.25) is 0 Å². The van der Waals surface area contributed by atoms with Crippen molar-refractivity contribution in [2.24, 2.45) is 0 Å². The minimum atomic E-state index is -0.0736. The van der Waals surface area contributed by atoms with Crippen LogP contribution < -0.4 is 9.80 Å². The van der Waals surface area contributed by atoms with Gasteiger partial charge in [0.15, 0.2) is 0 Å². The highest BCUT2D eigenvalue weighted by Crippen LogP contribution is 2.57. The molecule has 1 aliphatic carbocycles. The predicted octanol–water partition coefficient (Wildman–Crippen LogP) is 21.9. The minimum absolute atomic E-state index is 0.0736. The summed E-state index contributed by atoms with van der Waals surface area (Å²) in [6.45, 7) is 9.74. The second kappa shape index (κ2) is 17.4. The topological polar surface area (TPSA) is 6.48 Å². The Morgan fingerprint density at radius 1 is 0.382 bits per heavy atom. The van der Waals surface area contributed by atoms with Crippen LogP contribution in [0.25, 0.3) is 94.9 Å². The highest BCUT2D eigenvalue weighted by atomic mass is 32.1. The van der Waals surface area contributed by atoms with Crippen LogP contribution >= 0.6 is 22.7 Å². The van der Waals surface area contributed by atoms with Crippen molar-refractivity contribution < 1.29 is 0 Å². The summed E-state index contributed by atoms with van der Waals surface area (Å²) < 4.78 is 5.19. The zero-order chi connectivity index (χ0) is 50.8. The van der Waals surface area contributed by atoms with E-state index in [2.05, 4.69) is 262 Å². The van der Waals surface area contributed by atoms with E-state index in [1.807, 2.05) is 22.7 Å². The molecule has 12 aromatic carbocycles. The van der Waals surface area contributed by atoms with Crippen molar-refractivity contribution in [1.29, 1.82) is 0 Å². The van der Waals surface area contributed by atoms with Gasteiger partial charge >= 0.3 is 0 Å². The predicted molar refractivity (Wildman–Crippen MR) is 332 cm³/mol. The minimum Gasteiger partial charge on any atom is -0.308 e. The van der Waals surface area contributed by atoms with Crippen LogP contribution in [0.1, 0.15) is 56.7 Å². The number of thiophene rings is 2. The quantitative estimate of drug-likeness (QED) is 0.133. The molecule has 0 radical (unpaired) electrons. The van der Waals surface area contributed by atoms with Gasteiger partial charge in [0.1, 0.15) is 0 Å². The standard InChI is InChI=1S/C72H54N2S2/c1-44(2)56-43-64(74(60-32-16-12-26-49(60)46-23-9-6-10-24-46)62-34-20-30-54-51-28-14-18-36-66(51)76-71(54)62)57-42-58-67-47(39-40-72(58,3)4)41-63(55-38-37-52(56)68(57)69(55)67)73(59-31-15-11-25-48(59)45-21-7-5-8-22-45)61-33-19-29-53-50-27-13-17-35-65(50)75-70(53)61/h5-38,41-44H,39-40H2,1-4H3. The van der Waals surface area contributed by atoms with Crippen LogP contribution in [-0.2, 0) is 11.8 Å². The van der Waals surface area contributed by atoms with E-state index >= 15 is 0 Å². The Balaban J connectivity index is 1.10. The third-order valence-corrected chi connectivity index (χ3v) is 19.0. The lowest BCUT2D eigenvalue weighted by molar-refractivity contribution is 0.475. The van der Waals surface area contributed by atoms with E-state index in [0.29, 0.717) is 0 Å². The molecule has 0 saturated heterocycles. The molecular weight excluding hydrogens is 957 g/mol. The molecule has 2 heterocycles. The van der Waals surface area contributed by atoms with Gasteiger partial charge in [0.2, 0.25) is 0 Å². The molecule has 2 aromatic heterocycles. The van der Waals surface area contributed by atoms with Gasteiger partial charge in [0, 0.05) is 58.2 Å². The van der Waals surface area contributed by atoms with Crippen molar-refractivity contribution in [2.45, 2.75) is 51.9 Å². The number of benzene rings is 12. The summed E-state index contributed by atoms with van der Waals surface area (Å²) in [4.78, 5) is 5.28. The van der Waals surface area contributed by atoms with Gasteiger partial charge in [-0.25, -0.2) is 0 Å². The molecule has 0 aliphatic heterocycles. The van der Waals surface area contributed by atoms with E-state index in [1.165, 1.54) is 140 Å². The normalized spacial score (nSPS) is 13.4. The molecular formula is C72H54N2S2. The van der Waals surface area contributed by atoms with Crippen LogP contribution in [0.4, 0.5) is 34.1 Å². The molecule has 0 bridgehead atoms. The Labute approximate surface area is 451 Å². The first-order chi connectivity index (χ1) is 37.3. The fourth-order valence-corrected chi connectivity index (χ4v) is 15.4. The molecule has 0 atom stereocenters. The Bertz CT molecular complexity index is 4600. The molecule has 364 valence electrons. The molecule has 4 heteroatoms. The number of hydrogen-bond donors (Lipinski definition) is 0. The third kappa shape index (κ3) is 6.83. The fraction of sp³-hybridized carbons (Fsp3) is 0.111. The largest absolute Gasteiger partial charge is 0.308 e.